The summed E-state index contributed by atoms with van der Waals surface area (Å²) in [5, 5.41) is 9.03. The molecule has 0 atom stereocenters. The highest BCUT2D eigenvalue weighted by Gasteiger charge is 2.17. The number of fused-ring (bicyclic) bond motifs is 1. The van der Waals surface area contributed by atoms with Gasteiger partial charge in [0.15, 0.2) is 0 Å². The minimum atomic E-state index is -3.78. The summed E-state index contributed by atoms with van der Waals surface area (Å²) in [4.78, 5) is 7.34. The number of imidazole rings is 1. The van der Waals surface area contributed by atoms with Gasteiger partial charge in [0.05, 0.1) is 27.2 Å². The van der Waals surface area contributed by atoms with Gasteiger partial charge in [-0.1, -0.05) is 12.1 Å². The van der Waals surface area contributed by atoms with E-state index < -0.39 is 10.0 Å². The van der Waals surface area contributed by atoms with Gasteiger partial charge in [0.25, 0.3) is 10.0 Å². The van der Waals surface area contributed by atoms with E-state index in [0.29, 0.717) is 16.9 Å². The van der Waals surface area contributed by atoms with Crippen LogP contribution in [0.3, 0.4) is 0 Å². The highest BCUT2D eigenvalue weighted by molar-refractivity contribution is 7.92. The third kappa shape index (κ3) is 2.52. The van der Waals surface area contributed by atoms with Crippen LogP contribution < -0.4 is 4.72 Å². The summed E-state index contributed by atoms with van der Waals surface area (Å²) in [6.45, 7) is 1.80. The summed E-state index contributed by atoms with van der Waals surface area (Å²) in [5.74, 6) is 0.715. The number of hydrogen-bond donors (Lipinski definition) is 2. The van der Waals surface area contributed by atoms with E-state index >= 15 is 0 Å². The Morgan fingerprint density at radius 2 is 2.00 bits per heavy atom. The van der Waals surface area contributed by atoms with E-state index in [1.165, 1.54) is 12.1 Å². The topological polar surface area (TPSA) is 98.6 Å². The Labute approximate surface area is 127 Å². The lowest BCUT2D eigenvalue weighted by molar-refractivity contribution is 0.601. The molecular weight excluding hydrogens is 300 g/mol. The number of aromatic amines is 1. The number of H-pyrrole nitrogens is 1. The van der Waals surface area contributed by atoms with Crippen LogP contribution in [0.2, 0.25) is 0 Å². The summed E-state index contributed by atoms with van der Waals surface area (Å²) < 4.78 is 27.4. The van der Waals surface area contributed by atoms with Gasteiger partial charge in [-0.15, -0.1) is 0 Å². The van der Waals surface area contributed by atoms with Crippen LogP contribution in [0.1, 0.15) is 11.4 Å². The number of rotatable bonds is 3. The first-order valence-electron chi connectivity index (χ1n) is 6.48. The van der Waals surface area contributed by atoms with Crippen LogP contribution >= 0.6 is 0 Å². The highest BCUT2D eigenvalue weighted by Crippen LogP contribution is 2.22. The normalized spacial score (nSPS) is 11.3. The summed E-state index contributed by atoms with van der Waals surface area (Å²) >= 11 is 0. The smallest absolute Gasteiger partial charge is 0.262 e. The third-order valence-corrected chi connectivity index (χ3v) is 4.54. The van der Waals surface area contributed by atoms with Gasteiger partial charge in [-0.05, 0) is 37.3 Å². The zero-order chi connectivity index (χ0) is 15.7. The molecule has 1 aromatic heterocycles. The molecule has 6 nitrogen and oxygen atoms in total. The van der Waals surface area contributed by atoms with Crippen molar-refractivity contribution in [3.63, 3.8) is 0 Å². The quantitative estimate of drug-likeness (QED) is 0.776. The van der Waals surface area contributed by atoms with Gasteiger partial charge in [0.1, 0.15) is 11.9 Å². The molecule has 0 spiro atoms. The number of nitriles is 1. The average molecular weight is 312 g/mol. The Morgan fingerprint density at radius 3 is 2.77 bits per heavy atom. The number of para-hydroxylation sites is 1. The van der Waals surface area contributed by atoms with E-state index in [1.807, 2.05) is 6.07 Å². The van der Waals surface area contributed by atoms with E-state index in [1.54, 1.807) is 37.3 Å². The maximum absolute atomic E-state index is 12.5. The van der Waals surface area contributed by atoms with Gasteiger partial charge in [-0.2, -0.15) is 5.26 Å². The molecule has 3 aromatic rings. The number of benzene rings is 2. The molecule has 0 saturated heterocycles. The van der Waals surface area contributed by atoms with Crippen LogP contribution in [-0.4, -0.2) is 18.4 Å². The standard InChI is InChI=1S/C15H12N4O2S/c1-10-17-14-7-6-12(8-15(14)18-10)22(20,21)19-13-5-3-2-4-11(13)9-16/h2-8,19H,1H3,(H,17,18). The van der Waals surface area contributed by atoms with Crippen molar-refractivity contribution in [2.24, 2.45) is 0 Å². The molecule has 2 N–H and O–H groups in total. The molecule has 0 fully saturated rings. The van der Waals surface area contributed by atoms with E-state index in [4.69, 9.17) is 5.26 Å². The van der Waals surface area contributed by atoms with E-state index in [-0.39, 0.29) is 16.1 Å². The fourth-order valence-corrected chi connectivity index (χ4v) is 3.26. The van der Waals surface area contributed by atoms with Crippen molar-refractivity contribution in [2.45, 2.75) is 11.8 Å². The van der Waals surface area contributed by atoms with Crippen LogP contribution in [0.25, 0.3) is 11.0 Å². The number of anilines is 1. The maximum Gasteiger partial charge on any atom is 0.262 e. The molecule has 0 unspecified atom stereocenters. The Kier molecular flexibility index (Phi) is 3.31. The van der Waals surface area contributed by atoms with Crippen molar-refractivity contribution in [2.75, 3.05) is 4.72 Å². The van der Waals surface area contributed by atoms with Crippen molar-refractivity contribution in [1.29, 1.82) is 5.26 Å². The first-order chi connectivity index (χ1) is 10.5. The van der Waals surface area contributed by atoms with Crippen LogP contribution in [0, 0.1) is 18.3 Å². The zero-order valence-corrected chi connectivity index (χ0v) is 12.5. The molecule has 1 heterocycles. The van der Waals surface area contributed by atoms with E-state index in [9.17, 15) is 8.42 Å². The average Bonchev–Trinajstić information content (AvgIpc) is 2.86. The fourth-order valence-electron chi connectivity index (χ4n) is 2.16. The predicted octanol–water partition coefficient (Wildman–Crippen LogP) is 2.54. The summed E-state index contributed by atoms with van der Waals surface area (Å²) in [6.07, 6.45) is 0. The van der Waals surface area contributed by atoms with Gasteiger partial charge in [0.2, 0.25) is 0 Å². The molecule has 0 aliphatic heterocycles. The Morgan fingerprint density at radius 1 is 1.23 bits per heavy atom. The van der Waals surface area contributed by atoms with Crippen molar-refractivity contribution < 1.29 is 8.42 Å². The number of nitrogens with one attached hydrogen (secondary N) is 2. The monoisotopic (exact) mass is 312 g/mol. The fraction of sp³-hybridized carbons (Fsp3) is 0.0667. The maximum atomic E-state index is 12.5. The third-order valence-electron chi connectivity index (χ3n) is 3.17. The zero-order valence-electron chi connectivity index (χ0n) is 11.7. The second kappa shape index (κ2) is 5.16. The minimum absolute atomic E-state index is 0.108. The van der Waals surface area contributed by atoms with Crippen molar-refractivity contribution in [1.82, 2.24) is 9.97 Å². The second-order valence-electron chi connectivity index (χ2n) is 4.76. The lowest BCUT2D eigenvalue weighted by Gasteiger charge is -2.09. The largest absolute Gasteiger partial charge is 0.342 e. The van der Waals surface area contributed by atoms with Crippen molar-refractivity contribution >= 4 is 26.7 Å². The van der Waals surface area contributed by atoms with Crippen molar-refractivity contribution in [3.8, 4) is 6.07 Å². The second-order valence-corrected chi connectivity index (χ2v) is 6.45. The number of aromatic nitrogens is 2. The van der Waals surface area contributed by atoms with Crippen LogP contribution in [0.15, 0.2) is 47.4 Å². The lowest BCUT2D eigenvalue weighted by atomic mass is 10.2. The highest BCUT2D eigenvalue weighted by atomic mass is 32.2. The molecule has 3 rings (SSSR count). The minimum Gasteiger partial charge on any atom is -0.342 e. The first-order valence-corrected chi connectivity index (χ1v) is 7.96. The molecular formula is C15H12N4O2S. The predicted molar refractivity (Wildman–Crippen MR) is 82.8 cm³/mol. The molecule has 0 aliphatic rings. The van der Waals surface area contributed by atoms with Gasteiger partial charge in [-0.3, -0.25) is 4.72 Å². The van der Waals surface area contributed by atoms with Gasteiger partial charge in [0, 0.05) is 0 Å². The number of hydrogen-bond acceptors (Lipinski definition) is 4. The molecule has 0 saturated carbocycles. The van der Waals surface area contributed by atoms with E-state index in [0.717, 1.165) is 0 Å². The lowest BCUT2D eigenvalue weighted by Crippen LogP contribution is -2.13. The first kappa shape index (κ1) is 14.1. The molecule has 22 heavy (non-hydrogen) atoms. The van der Waals surface area contributed by atoms with Gasteiger partial charge in [-0.25, -0.2) is 13.4 Å². The molecule has 7 heteroatoms. The molecule has 2 aromatic carbocycles. The summed E-state index contributed by atoms with van der Waals surface area (Å²) in [7, 11) is -3.78. The molecule has 0 amide bonds. The number of aryl methyl sites for hydroxylation is 1. The molecule has 0 bridgehead atoms. The number of sulfonamides is 1. The molecule has 0 radical (unpaired) electrons. The van der Waals surface area contributed by atoms with E-state index in [2.05, 4.69) is 14.7 Å². The molecule has 110 valence electrons. The SMILES string of the molecule is Cc1nc2ccc(S(=O)(=O)Nc3ccccc3C#N)cc2[nH]1. The van der Waals surface area contributed by atoms with Crippen LogP contribution in [0.5, 0.6) is 0 Å². The summed E-state index contributed by atoms with van der Waals surface area (Å²) in [5.41, 5.74) is 1.87. The van der Waals surface area contributed by atoms with Gasteiger partial charge >= 0.3 is 0 Å². The number of nitrogens with zero attached hydrogens (tertiary/aromatic N) is 2. The van der Waals surface area contributed by atoms with Crippen LogP contribution in [-0.2, 0) is 10.0 Å². The van der Waals surface area contributed by atoms with Crippen LogP contribution in [0.4, 0.5) is 5.69 Å². The summed E-state index contributed by atoms with van der Waals surface area (Å²) in [6, 6.07) is 13.1. The van der Waals surface area contributed by atoms with Crippen molar-refractivity contribution in [3.05, 3.63) is 53.9 Å². The Bertz CT molecular complexity index is 1000. The van der Waals surface area contributed by atoms with Gasteiger partial charge < -0.3 is 4.98 Å². The Balaban J connectivity index is 2.02. The Hall–Kier alpha value is -2.85. The molecule has 0 aliphatic carbocycles.